The number of hydrogen-bond acceptors (Lipinski definition) is 4. The third-order valence-corrected chi connectivity index (χ3v) is 3.55. The van der Waals surface area contributed by atoms with Crippen LogP contribution >= 0.6 is 0 Å². The standard InChI is InChI=1S/C18H14N2O4/c21-15(10-16(22)18(23)24)17-19-13-8-4-5-9-14(13)20(17)11-12-6-2-1-3-7-12/h1-10,21H,11H2,(H,23,24)/b15-10-. The number of aliphatic hydroxyl groups excluding tert-OH is 1. The fourth-order valence-electron chi connectivity index (χ4n) is 2.45. The average Bonchev–Trinajstić information content (AvgIpc) is 2.94. The predicted octanol–water partition coefficient (Wildman–Crippen LogP) is 2.64. The van der Waals surface area contributed by atoms with E-state index in [1.54, 1.807) is 10.6 Å². The van der Waals surface area contributed by atoms with Crippen molar-refractivity contribution in [2.75, 3.05) is 0 Å². The number of aromatic nitrogens is 2. The highest BCUT2D eigenvalue weighted by Gasteiger charge is 2.17. The van der Waals surface area contributed by atoms with Crippen LogP contribution in [0.4, 0.5) is 0 Å². The first kappa shape index (κ1) is 15.5. The Morgan fingerprint density at radius 1 is 1.00 bits per heavy atom. The molecule has 0 aliphatic heterocycles. The van der Waals surface area contributed by atoms with Gasteiger partial charge in [-0.25, -0.2) is 9.78 Å². The molecule has 0 bridgehead atoms. The molecule has 2 N–H and O–H groups in total. The summed E-state index contributed by atoms with van der Waals surface area (Å²) >= 11 is 0. The maximum atomic E-state index is 11.3. The number of benzene rings is 2. The zero-order valence-corrected chi connectivity index (χ0v) is 12.6. The minimum Gasteiger partial charge on any atom is -0.504 e. The topological polar surface area (TPSA) is 92.4 Å². The fourth-order valence-corrected chi connectivity index (χ4v) is 2.45. The minimum atomic E-state index is -1.63. The fraction of sp³-hybridized carbons (Fsp3) is 0.0556. The van der Waals surface area contributed by atoms with Crippen molar-refractivity contribution in [2.45, 2.75) is 6.54 Å². The Morgan fingerprint density at radius 3 is 2.38 bits per heavy atom. The van der Waals surface area contributed by atoms with Gasteiger partial charge in [0.05, 0.1) is 11.0 Å². The lowest BCUT2D eigenvalue weighted by molar-refractivity contribution is -0.146. The van der Waals surface area contributed by atoms with Crippen LogP contribution in [-0.2, 0) is 16.1 Å². The normalized spacial score (nSPS) is 11.6. The van der Waals surface area contributed by atoms with Gasteiger partial charge in [-0.1, -0.05) is 42.5 Å². The number of nitrogens with zero attached hydrogens (tertiary/aromatic N) is 2. The van der Waals surface area contributed by atoms with Crippen LogP contribution in [0, 0.1) is 0 Å². The van der Waals surface area contributed by atoms with Crippen molar-refractivity contribution in [3.63, 3.8) is 0 Å². The number of carbonyl (C=O) groups excluding carboxylic acids is 1. The molecule has 0 amide bonds. The summed E-state index contributed by atoms with van der Waals surface area (Å²) in [5, 5.41) is 18.9. The van der Waals surface area contributed by atoms with Gasteiger partial charge < -0.3 is 14.8 Å². The van der Waals surface area contributed by atoms with E-state index in [4.69, 9.17) is 5.11 Å². The second-order valence-corrected chi connectivity index (χ2v) is 5.19. The molecule has 0 unspecified atom stereocenters. The van der Waals surface area contributed by atoms with E-state index in [1.807, 2.05) is 48.5 Å². The molecule has 6 nitrogen and oxygen atoms in total. The van der Waals surface area contributed by atoms with Crippen molar-refractivity contribution in [3.05, 3.63) is 72.1 Å². The summed E-state index contributed by atoms with van der Waals surface area (Å²) in [6.45, 7) is 0.426. The van der Waals surface area contributed by atoms with Gasteiger partial charge in [-0.2, -0.15) is 0 Å². The van der Waals surface area contributed by atoms with E-state index >= 15 is 0 Å². The Hall–Kier alpha value is -3.41. The maximum absolute atomic E-state index is 11.3. The van der Waals surface area contributed by atoms with E-state index in [9.17, 15) is 14.7 Å². The second-order valence-electron chi connectivity index (χ2n) is 5.19. The van der Waals surface area contributed by atoms with Crippen LogP contribution in [0.1, 0.15) is 11.4 Å². The van der Waals surface area contributed by atoms with Gasteiger partial charge >= 0.3 is 5.97 Å². The molecule has 24 heavy (non-hydrogen) atoms. The number of aliphatic carboxylic acids is 1. The van der Waals surface area contributed by atoms with Crippen molar-refractivity contribution >= 4 is 28.5 Å². The summed E-state index contributed by atoms with van der Waals surface area (Å²) in [6.07, 6.45) is 0.672. The number of carboxylic acids is 1. The highest BCUT2D eigenvalue weighted by Crippen LogP contribution is 2.22. The number of para-hydroxylation sites is 2. The molecule has 0 saturated heterocycles. The average molecular weight is 322 g/mol. The first-order chi connectivity index (χ1) is 11.6. The van der Waals surface area contributed by atoms with Crippen molar-refractivity contribution in [3.8, 4) is 0 Å². The number of aliphatic hydroxyl groups is 1. The lowest BCUT2D eigenvalue weighted by Crippen LogP contribution is -2.11. The second kappa shape index (κ2) is 6.37. The first-order valence-corrected chi connectivity index (χ1v) is 7.24. The zero-order valence-electron chi connectivity index (χ0n) is 12.6. The molecule has 2 aromatic carbocycles. The lowest BCUT2D eigenvalue weighted by Gasteiger charge is -2.09. The van der Waals surface area contributed by atoms with Crippen LogP contribution in [0.15, 0.2) is 60.7 Å². The molecule has 0 aliphatic rings. The first-order valence-electron chi connectivity index (χ1n) is 7.24. The molecule has 0 fully saturated rings. The molecule has 0 radical (unpaired) electrons. The predicted molar refractivity (Wildman–Crippen MR) is 88.5 cm³/mol. The van der Waals surface area contributed by atoms with Crippen molar-refractivity contribution < 1.29 is 19.8 Å². The molecule has 0 atom stereocenters. The van der Waals surface area contributed by atoms with Gasteiger partial charge in [-0.3, -0.25) is 4.79 Å². The summed E-state index contributed by atoms with van der Waals surface area (Å²) < 4.78 is 1.74. The van der Waals surface area contributed by atoms with Gasteiger partial charge in [0.25, 0.3) is 5.78 Å². The molecule has 0 saturated carbocycles. The summed E-state index contributed by atoms with van der Waals surface area (Å²) in [5.74, 6) is -3.16. The van der Waals surface area contributed by atoms with Crippen LogP contribution in [0.2, 0.25) is 0 Å². The Labute approximate surface area is 137 Å². The van der Waals surface area contributed by atoms with E-state index in [0.717, 1.165) is 11.1 Å². The van der Waals surface area contributed by atoms with Crippen LogP contribution < -0.4 is 0 Å². The molecule has 0 aliphatic carbocycles. The molecular weight excluding hydrogens is 308 g/mol. The zero-order chi connectivity index (χ0) is 17.1. The molecule has 6 heteroatoms. The molecule has 0 spiro atoms. The molecule has 3 rings (SSSR count). The largest absolute Gasteiger partial charge is 0.504 e. The van der Waals surface area contributed by atoms with E-state index in [1.165, 1.54) is 0 Å². The van der Waals surface area contributed by atoms with Crippen molar-refractivity contribution in [1.29, 1.82) is 0 Å². The van der Waals surface area contributed by atoms with E-state index in [2.05, 4.69) is 4.98 Å². The van der Waals surface area contributed by atoms with Gasteiger partial charge in [0.15, 0.2) is 11.6 Å². The van der Waals surface area contributed by atoms with Crippen LogP contribution in [0.3, 0.4) is 0 Å². The molecule has 120 valence electrons. The Balaban J connectivity index is 2.12. The minimum absolute atomic E-state index is 0.148. The van der Waals surface area contributed by atoms with Crippen LogP contribution in [-0.4, -0.2) is 31.5 Å². The van der Waals surface area contributed by atoms with Gasteiger partial charge in [0.1, 0.15) is 0 Å². The number of ketones is 1. The quantitative estimate of drug-likeness (QED) is 0.428. The van der Waals surface area contributed by atoms with E-state index in [0.29, 0.717) is 18.1 Å². The third-order valence-electron chi connectivity index (χ3n) is 3.55. The maximum Gasteiger partial charge on any atom is 0.376 e. The number of rotatable bonds is 5. The highest BCUT2D eigenvalue weighted by atomic mass is 16.4. The molecule has 3 aromatic rings. The van der Waals surface area contributed by atoms with Gasteiger partial charge in [-0.15, -0.1) is 0 Å². The number of carbonyl (C=O) groups is 2. The molecular formula is C18H14N2O4. The van der Waals surface area contributed by atoms with Gasteiger partial charge in [0.2, 0.25) is 0 Å². The number of hydrogen-bond donors (Lipinski definition) is 2. The molecule has 1 aromatic heterocycles. The summed E-state index contributed by atoms with van der Waals surface area (Å²) in [7, 11) is 0. The van der Waals surface area contributed by atoms with Gasteiger partial charge in [0, 0.05) is 12.6 Å². The Kier molecular flexibility index (Phi) is 4.11. The summed E-state index contributed by atoms with van der Waals surface area (Å²) in [6, 6.07) is 16.9. The number of carboxylic acid groups (broad SMARTS) is 1. The van der Waals surface area contributed by atoms with E-state index in [-0.39, 0.29) is 5.82 Å². The lowest BCUT2D eigenvalue weighted by atomic mass is 10.2. The molecule has 1 heterocycles. The smallest absolute Gasteiger partial charge is 0.376 e. The number of fused-ring (bicyclic) bond motifs is 1. The highest BCUT2D eigenvalue weighted by molar-refractivity contribution is 6.38. The van der Waals surface area contributed by atoms with Crippen molar-refractivity contribution in [2.24, 2.45) is 0 Å². The SMILES string of the molecule is O=C(O)C(=O)/C=C(\O)c1nc2ccccc2n1Cc1ccccc1. The summed E-state index contributed by atoms with van der Waals surface area (Å²) in [5.41, 5.74) is 2.41. The van der Waals surface area contributed by atoms with Crippen molar-refractivity contribution in [1.82, 2.24) is 9.55 Å². The summed E-state index contributed by atoms with van der Waals surface area (Å²) in [4.78, 5) is 26.3. The van der Waals surface area contributed by atoms with Crippen LogP contribution in [0.25, 0.3) is 16.8 Å². The number of imidazole rings is 1. The third kappa shape index (κ3) is 3.03. The Morgan fingerprint density at radius 2 is 1.67 bits per heavy atom. The monoisotopic (exact) mass is 322 g/mol. The van der Waals surface area contributed by atoms with Gasteiger partial charge in [-0.05, 0) is 17.7 Å². The Bertz CT molecular complexity index is 942. The van der Waals surface area contributed by atoms with Crippen LogP contribution in [0.5, 0.6) is 0 Å². The van der Waals surface area contributed by atoms with E-state index < -0.39 is 17.5 Å².